The van der Waals surface area contributed by atoms with Crippen LogP contribution in [0.4, 0.5) is 32.0 Å². The van der Waals surface area contributed by atoms with Crippen molar-refractivity contribution in [2.75, 3.05) is 5.73 Å². The highest BCUT2D eigenvalue weighted by atomic mass is 35.5. The van der Waals surface area contributed by atoms with Crippen LogP contribution in [-0.2, 0) is 6.18 Å². The summed E-state index contributed by atoms with van der Waals surface area (Å²) >= 11 is 4.67. The summed E-state index contributed by atoms with van der Waals surface area (Å²) in [5.41, 5.74) is -1.73. The summed E-state index contributed by atoms with van der Waals surface area (Å²) in [5, 5.41) is -0.474. The van der Waals surface area contributed by atoms with Gasteiger partial charge in [-0.25, -0.2) is 0 Å². The van der Waals surface area contributed by atoms with Gasteiger partial charge >= 0.3 is 11.7 Å². The third-order valence-electron chi connectivity index (χ3n) is 1.64. The zero-order valence-electron chi connectivity index (χ0n) is 7.79. The van der Waals surface area contributed by atoms with Gasteiger partial charge in [0.25, 0.3) is 0 Å². The number of nitrogen functional groups attached to an aromatic ring is 1. The normalized spacial score (nSPS) is 12.9. The lowest BCUT2D eigenvalue weighted by molar-refractivity contribution is -0.137. The maximum absolute atomic E-state index is 12.4. The highest BCUT2D eigenvalue weighted by Crippen LogP contribution is 2.44. The molecule has 1 aromatic rings. The van der Waals surface area contributed by atoms with E-state index in [0.29, 0.717) is 6.07 Å². The van der Waals surface area contributed by atoms with Crippen LogP contribution in [0.1, 0.15) is 5.56 Å². The minimum Gasteiger partial charge on any atom is -0.398 e. The van der Waals surface area contributed by atoms with Crippen molar-refractivity contribution in [1.29, 1.82) is 0 Å². The molecule has 0 amide bonds. The fourth-order valence-electron chi connectivity index (χ4n) is 1.02. The topological polar surface area (TPSA) is 26.0 Å². The molecule has 0 radical (unpaired) electrons. The minimum atomic E-state index is -4.82. The highest BCUT2D eigenvalue weighted by Gasteiger charge is 2.36. The lowest BCUT2D eigenvalue weighted by Gasteiger charge is -2.14. The summed E-state index contributed by atoms with van der Waals surface area (Å²) in [6.07, 6.45) is -4.82. The van der Waals surface area contributed by atoms with Crippen LogP contribution in [-0.4, -0.2) is 5.51 Å². The third kappa shape index (κ3) is 3.88. The van der Waals surface area contributed by atoms with Crippen molar-refractivity contribution in [1.82, 2.24) is 0 Å². The second-order valence-corrected chi connectivity index (χ2v) is 4.43. The second-order valence-electron chi connectivity index (χ2n) is 2.92. The summed E-state index contributed by atoms with van der Waals surface area (Å²) in [6, 6.07) is 0.939. The quantitative estimate of drug-likeness (QED) is 0.467. The van der Waals surface area contributed by atoms with E-state index in [1.54, 1.807) is 0 Å². The van der Waals surface area contributed by atoms with Gasteiger partial charge in [-0.3, -0.25) is 0 Å². The Balaban J connectivity index is 3.25. The van der Waals surface area contributed by atoms with Crippen molar-refractivity contribution in [3.63, 3.8) is 0 Å². The molecule has 0 spiro atoms. The van der Waals surface area contributed by atoms with E-state index < -0.39 is 44.6 Å². The van der Waals surface area contributed by atoms with Crippen LogP contribution in [0.15, 0.2) is 17.0 Å². The first-order chi connectivity index (χ1) is 7.50. The molecule has 0 heterocycles. The third-order valence-corrected chi connectivity index (χ3v) is 2.85. The van der Waals surface area contributed by atoms with E-state index in [-0.39, 0.29) is 6.07 Å². The number of halogens is 7. The van der Waals surface area contributed by atoms with E-state index in [9.17, 15) is 26.3 Å². The fourth-order valence-corrected chi connectivity index (χ4v) is 1.89. The lowest BCUT2D eigenvalue weighted by Crippen LogP contribution is -2.10. The fraction of sp³-hybridized carbons (Fsp3) is 0.250. The molecule has 96 valence electrons. The van der Waals surface area contributed by atoms with Gasteiger partial charge in [0.1, 0.15) is 0 Å². The van der Waals surface area contributed by atoms with Crippen molar-refractivity contribution in [3.8, 4) is 0 Å². The molecule has 0 aliphatic carbocycles. The van der Waals surface area contributed by atoms with Crippen LogP contribution in [0, 0.1) is 0 Å². The van der Waals surface area contributed by atoms with Crippen LogP contribution in [0.2, 0.25) is 5.02 Å². The molecule has 1 nitrogen and oxygen atoms in total. The van der Waals surface area contributed by atoms with Crippen molar-refractivity contribution in [3.05, 3.63) is 22.7 Å². The average molecular weight is 296 g/mol. The number of rotatable bonds is 1. The summed E-state index contributed by atoms with van der Waals surface area (Å²) in [6.45, 7) is 0. The monoisotopic (exact) mass is 295 g/mol. The van der Waals surface area contributed by atoms with E-state index >= 15 is 0 Å². The molecule has 9 heteroatoms. The van der Waals surface area contributed by atoms with E-state index in [1.807, 2.05) is 0 Å². The molecule has 0 atom stereocenters. The summed E-state index contributed by atoms with van der Waals surface area (Å²) < 4.78 is 73.3. The van der Waals surface area contributed by atoms with Crippen LogP contribution in [0.5, 0.6) is 0 Å². The molecule has 0 aromatic heterocycles. The Kier molecular flexibility index (Phi) is 3.78. The van der Waals surface area contributed by atoms with Gasteiger partial charge in [0.05, 0.1) is 10.6 Å². The summed E-state index contributed by atoms with van der Waals surface area (Å²) in [5.74, 6) is 0. The summed E-state index contributed by atoms with van der Waals surface area (Å²) in [7, 11) is 0. The Morgan fingerprint density at radius 1 is 1.06 bits per heavy atom. The molecule has 0 aliphatic rings. The van der Waals surface area contributed by atoms with E-state index in [1.165, 1.54) is 0 Å². The predicted octanol–water partition coefficient (Wildman–Crippen LogP) is 4.55. The van der Waals surface area contributed by atoms with Crippen molar-refractivity contribution in [2.45, 2.75) is 16.6 Å². The van der Waals surface area contributed by atoms with Crippen LogP contribution >= 0.6 is 23.4 Å². The Morgan fingerprint density at radius 2 is 1.59 bits per heavy atom. The molecule has 0 aliphatic heterocycles. The number of hydrogen-bond acceptors (Lipinski definition) is 2. The van der Waals surface area contributed by atoms with Crippen molar-refractivity contribution in [2.24, 2.45) is 0 Å². The number of thioether (sulfide) groups is 1. The molecule has 1 rings (SSSR count). The standard InChI is InChI=1S/C8H4ClF6NS/c9-4-2-5(16)3(7(10,11)12)1-6(4)17-8(13,14)15/h1-2H,16H2. The van der Waals surface area contributed by atoms with Gasteiger partial charge in [-0.05, 0) is 23.9 Å². The molecule has 0 saturated heterocycles. The number of hydrogen-bond donors (Lipinski definition) is 1. The number of nitrogens with two attached hydrogens (primary N) is 1. The minimum absolute atomic E-state index is 0.288. The molecule has 17 heavy (non-hydrogen) atoms. The van der Waals surface area contributed by atoms with Gasteiger partial charge < -0.3 is 5.73 Å². The smallest absolute Gasteiger partial charge is 0.398 e. The molecule has 1 aromatic carbocycles. The Morgan fingerprint density at radius 3 is 2.00 bits per heavy atom. The van der Waals surface area contributed by atoms with Crippen molar-refractivity contribution >= 4 is 29.1 Å². The first kappa shape index (κ1) is 14.3. The van der Waals surface area contributed by atoms with Crippen LogP contribution in [0.3, 0.4) is 0 Å². The van der Waals surface area contributed by atoms with Crippen LogP contribution in [0.25, 0.3) is 0 Å². The highest BCUT2D eigenvalue weighted by molar-refractivity contribution is 8.00. The zero-order chi connectivity index (χ0) is 13.4. The number of alkyl halides is 6. The van der Waals surface area contributed by atoms with Gasteiger partial charge in [-0.1, -0.05) is 11.6 Å². The average Bonchev–Trinajstić information content (AvgIpc) is 2.05. The van der Waals surface area contributed by atoms with Gasteiger partial charge in [-0.15, -0.1) is 0 Å². The predicted molar refractivity (Wildman–Crippen MR) is 52.8 cm³/mol. The molecular weight excluding hydrogens is 292 g/mol. The molecule has 0 saturated carbocycles. The Hall–Kier alpha value is -0.760. The number of benzene rings is 1. The second kappa shape index (κ2) is 4.49. The van der Waals surface area contributed by atoms with Gasteiger partial charge in [-0.2, -0.15) is 26.3 Å². The Bertz CT molecular complexity index is 427. The molecule has 2 N–H and O–H groups in total. The molecule has 0 bridgehead atoms. The summed E-state index contributed by atoms with van der Waals surface area (Å²) in [4.78, 5) is -0.735. The first-order valence-corrected chi connectivity index (χ1v) is 5.12. The number of anilines is 1. The van der Waals surface area contributed by atoms with Crippen LogP contribution < -0.4 is 5.73 Å². The van der Waals surface area contributed by atoms with E-state index in [0.717, 1.165) is 0 Å². The molecule has 0 fully saturated rings. The van der Waals surface area contributed by atoms with Gasteiger partial charge in [0, 0.05) is 10.6 Å². The van der Waals surface area contributed by atoms with Gasteiger partial charge in [0.2, 0.25) is 0 Å². The van der Waals surface area contributed by atoms with Crippen molar-refractivity contribution < 1.29 is 26.3 Å². The lowest BCUT2D eigenvalue weighted by atomic mass is 10.2. The maximum Gasteiger partial charge on any atom is 0.446 e. The van der Waals surface area contributed by atoms with Gasteiger partial charge in [0.15, 0.2) is 0 Å². The zero-order valence-corrected chi connectivity index (χ0v) is 9.36. The van der Waals surface area contributed by atoms with E-state index in [2.05, 4.69) is 0 Å². The first-order valence-electron chi connectivity index (χ1n) is 3.92. The SMILES string of the molecule is Nc1cc(Cl)c(SC(F)(F)F)cc1C(F)(F)F. The van der Waals surface area contributed by atoms with E-state index in [4.69, 9.17) is 17.3 Å². The maximum atomic E-state index is 12.4. The Labute approximate surface area is 101 Å². The molecular formula is C8H4ClF6NS. The molecule has 0 unspecified atom stereocenters. The largest absolute Gasteiger partial charge is 0.446 e.